The monoisotopic (exact) mass is 193 g/mol. The summed E-state index contributed by atoms with van der Waals surface area (Å²) in [5.41, 5.74) is 4.75. The fourth-order valence-corrected chi connectivity index (χ4v) is 1.23. The molecule has 4 heteroatoms. The lowest BCUT2D eigenvalue weighted by atomic mass is 10.1. The highest BCUT2D eigenvalue weighted by molar-refractivity contribution is 5.99. The van der Waals surface area contributed by atoms with Crippen LogP contribution in [-0.2, 0) is 0 Å². The highest BCUT2D eigenvalue weighted by Crippen LogP contribution is 2.15. The van der Waals surface area contributed by atoms with E-state index in [-0.39, 0.29) is 5.91 Å². The highest BCUT2D eigenvalue weighted by atomic mass is 16.1. The first-order valence-corrected chi connectivity index (χ1v) is 4.54. The molecule has 0 saturated carbocycles. The van der Waals surface area contributed by atoms with Crippen molar-refractivity contribution in [3.05, 3.63) is 29.3 Å². The number of hydrogen-bond donors (Lipinski definition) is 3. The summed E-state index contributed by atoms with van der Waals surface area (Å²) < 4.78 is 0. The molecule has 4 nitrogen and oxygen atoms in total. The molecule has 0 aliphatic rings. The number of benzene rings is 1. The van der Waals surface area contributed by atoms with Gasteiger partial charge in [-0.3, -0.25) is 10.6 Å². The number of nitrogens with two attached hydrogens (primary N) is 1. The van der Waals surface area contributed by atoms with Crippen LogP contribution in [0.25, 0.3) is 0 Å². The Morgan fingerprint density at radius 2 is 2.21 bits per heavy atom. The molecule has 4 N–H and O–H groups in total. The molecule has 0 unspecified atom stereocenters. The van der Waals surface area contributed by atoms with Crippen molar-refractivity contribution in [1.82, 2.24) is 5.32 Å². The molecule has 0 radical (unpaired) electrons. The van der Waals surface area contributed by atoms with Gasteiger partial charge in [0.2, 0.25) is 0 Å². The Labute approximate surface area is 83.5 Å². The van der Waals surface area contributed by atoms with E-state index in [1.165, 1.54) is 0 Å². The number of nitrogen functional groups attached to an aromatic ring is 1. The number of aryl methyl sites for hydroxylation is 1. The van der Waals surface area contributed by atoms with Gasteiger partial charge in [0.1, 0.15) is 0 Å². The van der Waals surface area contributed by atoms with Crippen molar-refractivity contribution in [3.63, 3.8) is 0 Å². The summed E-state index contributed by atoms with van der Waals surface area (Å²) in [7, 11) is 0. The van der Waals surface area contributed by atoms with E-state index in [2.05, 4.69) is 10.7 Å². The van der Waals surface area contributed by atoms with Crippen LogP contribution < -0.4 is 16.6 Å². The van der Waals surface area contributed by atoms with Crippen molar-refractivity contribution in [3.8, 4) is 0 Å². The third-order valence-corrected chi connectivity index (χ3v) is 1.91. The summed E-state index contributed by atoms with van der Waals surface area (Å²) in [4.78, 5) is 11.6. The Hall–Kier alpha value is -1.55. The third kappa shape index (κ3) is 2.23. The van der Waals surface area contributed by atoms with Gasteiger partial charge in [-0.15, -0.1) is 0 Å². The van der Waals surface area contributed by atoms with Crippen LogP contribution >= 0.6 is 0 Å². The zero-order valence-corrected chi connectivity index (χ0v) is 8.42. The van der Waals surface area contributed by atoms with Gasteiger partial charge in [0.25, 0.3) is 5.91 Å². The minimum Gasteiger partial charge on any atom is -0.352 e. The maximum absolute atomic E-state index is 11.6. The molecule has 0 fully saturated rings. The summed E-state index contributed by atoms with van der Waals surface area (Å²) >= 11 is 0. The lowest BCUT2D eigenvalue weighted by molar-refractivity contribution is 0.0956. The van der Waals surface area contributed by atoms with Gasteiger partial charge in [-0.05, 0) is 26.0 Å². The third-order valence-electron chi connectivity index (χ3n) is 1.91. The van der Waals surface area contributed by atoms with Crippen molar-refractivity contribution < 1.29 is 4.79 Å². The average Bonchev–Trinajstić information content (AvgIpc) is 2.18. The zero-order chi connectivity index (χ0) is 10.6. The molecule has 0 aromatic heterocycles. The number of rotatable bonds is 3. The quantitative estimate of drug-likeness (QED) is 0.496. The van der Waals surface area contributed by atoms with E-state index in [4.69, 9.17) is 5.84 Å². The summed E-state index contributed by atoms with van der Waals surface area (Å²) in [6.07, 6.45) is 0. The second-order valence-electron chi connectivity index (χ2n) is 3.05. The Morgan fingerprint density at radius 3 is 2.79 bits per heavy atom. The molecule has 1 aromatic carbocycles. The lowest BCUT2D eigenvalue weighted by Crippen LogP contribution is -2.24. The van der Waals surface area contributed by atoms with Crippen molar-refractivity contribution in [2.45, 2.75) is 13.8 Å². The predicted molar refractivity (Wildman–Crippen MR) is 57.0 cm³/mol. The fourth-order valence-electron chi connectivity index (χ4n) is 1.23. The zero-order valence-electron chi connectivity index (χ0n) is 8.42. The summed E-state index contributed by atoms with van der Waals surface area (Å²) in [6, 6.07) is 5.50. The standard InChI is InChI=1S/C10H15N3O/c1-3-12-10(14)8-6-7(2)4-5-9(8)13-11/h4-6,13H,3,11H2,1-2H3,(H,12,14). The molecule has 0 aliphatic carbocycles. The molecular formula is C10H15N3O. The maximum atomic E-state index is 11.6. The minimum absolute atomic E-state index is 0.107. The van der Waals surface area contributed by atoms with Crippen LogP contribution in [0.4, 0.5) is 5.69 Å². The van der Waals surface area contributed by atoms with Crippen LogP contribution in [-0.4, -0.2) is 12.5 Å². The first-order valence-electron chi connectivity index (χ1n) is 4.54. The number of nitrogens with one attached hydrogen (secondary N) is 2. The van der Waals surface area contributed by atoms with Crippen molar-refractivity contribution >= 4 is 11.6 Å². The lowest BCUT2D eigenvalue weighted by Gasteiger charge is -2.09. The predicted octanol–water partition coefficient (Wildman–Crippen LogP) is 1.03. The largest absolute Gasteiger partial charge is 0.352 e. The smallest absolute Gasteiger partial charge is 0.253 e. The Balaban J connectivity index is 3.03. The van der Waals surface area contributed by atoms with Crippen LogP contribution in [0.2, 0.25) is 0 Å². The van der Waals surface area contributed by atoms with Crippen LogP contribution in [0.3, 0.4) is 0 Å². The normalized spacial score (nSPS) is 9.64. The van der Waals surface area contributed by atoms with Crippen LogP contribution in [0.5, 0.6) is 0 Å². The molecule has 14 heavy (non-hydrogen) atoms. The van der Waals surface area contributed by atoms with Gasteiger partial charge >= 0.3 is 0 Å². The molecule has 0 bridgehead atoms. The number of carbonyl (C=O) groups is 1. The fraction of sp³-hybridized carbons (Fsp3) is 0.300. The molecule has 76 valence electrons. The van der Waals surface area contributed by atoms with Gasteiger partial charge in [-0.2, -0.15) is 0 Å². The van der Waals surface area contributed by atoms with Gasteiger partial charge in [-0.1, -0.05) is 11.6 Å². The average molecular weight is 193 g/mol. The van der Waals surface area contributed by atoms with Crippen LogP contribution in [0, 0.1) is 6.92 Å². The summed E-state index contributed by atoms with van der Waals surface area (Å²) in [5.74, 6) is 5.20. The highest BCUT2D eigenvalue weighted by Gasteiger charge is 2.09. The SMILES string of the molecule is CCNC(=O)c1cc(C)ccc1NN. The topological polar surface area (TPSA) is 67.2 Å². The van der Waals surface area contributed by atoms with E-state index in [9.17, 15) is 4.79 Å². The summed E-state index contributed by atoms with van der Waals surface area (Å²) in [6.45, 7) is 4.42. The van der Waals surface area contributed by atoms with E-state index in [0.717, 1.165) is 5.56 Å². The van der Waals surface area contributed by atoms with E-state index in [0.29, 0.717) is 17.8 Å². The molecule has 1 amide bonds. The first kappa shape index (κ1) is 10.5. The van der Waals surface area contributed by atoms with Crippen molar-refractivity contribution in [1.29, 1.82) is 0 Å². The van der Waals surface area contributed by atoms with Gasteiger partial charge < -0.3 is 10.7 Å². The molecule has 1 rings (SSSR count). The molecule has 0 spiro atoms. The molecular weight excluding hydrogens is 178 g/mol. The summed E-state index contributed by atoms with van der Waals surface area (Å²) in [5, 5.41) is 2.73. The Bertz CT molecular complexity index is 336. The number of carbonyl (C=O) groups excluding carboxylic acids is 1. The number of hydrogen-bond acceptors (Lipinski definition) is 3. The molecule has 0 atom stereocenters. The van der Waals surface area contributed by atoms with Crippen molar-refractivity contribution in [2.75, 3.05) is 12.0 Å². The molecule has 0 heterocycles. The minimum atomic E-state index is -0.107. The Kier molecular flexibility index (Phi) is 3.48. The molecule has 1 aromatic rings. The molecule has 0 saturated heterocycles. The Morgan fingerprint density at radius 1 is 1.50 bits per heavy atom. The number of hydrazine groups is 1. The number of anilines is 1. The van der Waals surface area contributed by atoms with Gasteiger partial charge in [0, 0.05) is 6.54 Å². The van der Waals surface area contributed by atoms with Gasteiger partial charge in [0.05, 0.1) is 11.3 Å². The second-order valence-corrected chi connectivity index (χ2v) is 3.05. The second kappa shape index (κ2) is 4.62. The van der Waals surface area contributed by atoms with E-state index < -0.39 is 0 Å². The first-order chi connectivity index (χ1) is 6.69. The van der Waals surface area contributed by atoms with E-state index in [1.54, 1.807) is 12.1 Å². The van der Waals surface area contributed by atoms with Crippen molar-refractivity contribution in [2.24, 2.45) is 5.84 Å². The maximum Gasteiger partial charge on any atom is 0.253 e. The van der Waals surface area contributed by atoms with E-state index >= 15 is 0 Å². The van der Waals surface area contributed by atoms with E-state index in [1.807, 2.05) is 19.9 Å². The van der Waals surface area contributed by atoms with Gasteiger partial charge in [0.15, 0.2) is 0 Å². The van der Waals surface area contributed by atoms with Gasteiger partial charge in [-0.25, -0.2) is 0 Å². The van der Waals surface area contributed by atoms with Crippen LogP contribution in [0.15, 0.2) is 18.2 Å². The molecule has 0 aliphatic heterocycles. The van der Waals surface area contributed by atoms with Crippen LogP contribution in [0.1, 0.15) is 22.8 Å². The number of amides is 1.